The van der Waals surface area contributed by atoms with Gasteiger partial charge >= 0.3 is 0 Å². The molecule has 0 spiro atoms. The fourth-order valence-electron chi connectivity index (χ4n) is 3.19. The van der Waals surface area contributed by atoms with Crippen molar-refractivity contribution in [3.63, 3.8) is 0 Å². The minimum absolute atomic E-state index is 0.104. The number of hydrogen-bond donors (Lipinski definition) is 1. The van der Waals surface area contributed by atoms with Gasteiger partial charge in [0.2, 0.25) is 5.91 Å². The molecule has 0 unspecified atom stereocenters. The van der Waals surface area contributed by atoms with Crippen molar-refractivity contribution in [1.29, 1.82) is 0 Å². The number of carbonyl (C=O) groups excluding carboxylic acids is 1. The van der Waals surface area contributed by atoms with Gasteiger partial charge in [-0.1, -0.05) is 24.3 Å². The van der Waals surface area contributed by atoms with Gasteiger partial charge in [0.05, 0.1) is 5.39 Å². The van der Waals surface area contributed by atoms with Crippen LogP contribution in [0.5, 0.6) is 0 Å². The Kier molecular flexibility index (Phi) is 5.20. The largest absolute Gasteiger partial charge is 0.353 e. The van der Waals surface area contributed by atoms with E-state index in [1.54, 1.807) is 24.3 Å². The molecule has 1 saturated heterocycles. The molecule has 1 amide bonds. The summed E-state index contributed by atoms with van der Waals surface area (Å²) < 4.78 is 1.12. The van der Waals surface area contributed by atoms with Gasteiger partial charge in [-0.25, -0.2) is 4.68 Å². The van der Waals surface area contributed by atoms with Crippen LogP contribution in [-0.2, 0) is 11.3 Å². The molecule has 0 aliphatic carbocycles. The smallest absolute Gasteiger partial charge is 0.278 e. The summed E-state index contributed by atoms with van der Waals surface area (Å²) in [6.45, 7) is 4.83. The summed E-state index contributed by atoms with van der Waals surface area (Å²) in [5.41, 5.74) is 0.251. The Morgan fingerprint density at radius 2 is 2.04 bits per heavy atom. The Hall–Kier alpha value is -2.28. The minimum Gasteiger partial charge on any atom is -0.353 e. The minimum atomic E-state index is -0.290. The van der Waals surface area contributed by atoms with Gasteiger partial charge in [-0.15, -0.1) is 5.10 Å². The summed E-state index contributed by atoms with van der Waals surface area (Å²) >= 11 is 0. The Balaban J connectivity index is 1.62. The third-order valence-electron chi connectivity index (χ3n) is 4.59. The predicted octanol–water partition coefficient (Wildman–Crippen LogP) is 0.782. The molecule has 1 N–H and O–H groups in total. The molecule has 7 nitrogen and oxygen atoms in total. The Labute approximate surface area is 140 Å². The van der Waals surface area contributed by atoms with E-state index < -0.39 is 0 Å². The van der Waals surface area contributed by atoms with Gasteiger partial charge in [-0.05, 0) is 44.5 Å². The second kappa shape index (κ2) is 7.53. The van der Waals surface area contributed by atoms with Crippen LogP contribution in [0.1, 0.15) is 26.2 Å². The van der Waals surface area contributed by atoms with E-state index in [9.17, 15) is 9.59 Å². The van der Waals surface area contributed by atoms with Crippen LogP contribution in [0.4, 0.5) is 0 Å². The van der Waals surface area contributed by atoms with E-state index >= 15 is 0 Å². The molecule has 1 aromatic carbocycles. The van der Waals surface area contributed by atoms with Crippen molar-refractivity contribution in [3.05, 3.63) is 34.6 Å². The van der Waals surface area contributed by atoms with Crippen LogP contribution in [0.3, 0.4) is 0 Å². The number of likely N-dealkylation sites (tertiary alicyclic amines) is 1. The van der Waals surface area contributed by atoms with Gasteiger partial charge in [0.15, 0.2) is 0 Å². The number of rotatable bonds is 6. The highest BCUT2D eigenvalue weighted by atomic mass is 16.2. The summed E-state index contributed by atoms with van der Waals surface area (Å²) in [5, 5.41) is 11.3. The van der Waals surface area contributed by atoms with Crippen molar-refractivity contribution in [2.24, 2.45) is 0 Å². The Morgan fingerprint density at radius 1 is 1.29 bits per heavy atom. The van der Waals surface area contributed by atoms with Crippen LogP contribution in [0.15, 0.2) is 29.1 Å². The first-order valence-electron chi connectivity index (χ1n) is 8.52. The highest BCUT2D eigenvalue weighted by Gasteiger charge is 2.21. The molecular weight excluding hydrogens is 306 g/mol. The highest BCUT2D eigenvalue weighted by Crippen LogP contribution is 2.13. The van der Waals surface area contributed by atoms with E-state index in [0.29, 0.717) is 23.5 Å². The quantitative estimate of drug-likeness (QED) is 0.847. The van der Waals surface area contributed by atoms with E-state index in [-0.39, 0.29) is 18.0 Å². The molecule has 1 atom stereocenters. The molecule has 1 aromatic heterocycles. The molecule has 2 heterocycles. The third-order valence-corrected chi connectivity index (χ3v) is 4.59. The predicted molar refractivity (Wildman–Crippen MR) is 91.7 cm³/mol. The van der Waals surface area contributed by atoms with Crippen LogP contribution >= 0.6 is 0 Å². The van der Waals surface area contributed by atoms with E-state index in [0.717, 1.165) is 24.2 Å². The van der Waals surface area contributed by atoms with Crippen molar-refractivity contribution >= 4 is 16.8 Å². The molecule has 128 valence electrons. The van der Waals surface area contributed by atoms with Gasteiger partial charge in [0.1, 0.15) is 12.1 Å². The number of hydrogen-bond acceptors (Lipinski definition) is 5. The third kappa shape index (κ3) is 3.62. The van der Waals surface area contributed by atoms with Crippen LogP contribution in [0, 0.1) is 0 Å². The molecular formula is C17H23N5O2. The highest BCUT2D eigenvalue weighted by molar-refractivity contribution is 5.78. The second-order valence-corrected chi connectivity index (χ2v) is 6.18. The summed E-state index contributed by atoms with van der Waals surface area (Å²) in [5.74, 6) is -0.209. The Morgan fingerprint density at radius 3 is 2.79 bits per heavy atom. The molecule has 0 bridgehead atoms. The van der Waals surface area contributed by atoms with Gasteiger partial charge in [0.25, 0.3) is 5.56 Å². The van der Waals surface area contributed by atoms with E-state index in [4.69, 9.17) is 0 Å². The van der Waals surface area contributed by atoms with Crippen molar-refractivity contribution in [2.75, 3.05) is 19.6 Å². The molecule has 1 aliphatic heterocycles. The zero-order chi connectivity index (χ0) is 16.9. The number of fused-ring (bicyclic) bond motifs is 1. The molecule has 24 heavy (non-hydrogen) atoms. The summed E-state index contributed by atoms with van der Waals surface area (Å²) in [6.07, 6.45) is 3.45. The number of nitrogens with one attached hydrogen (secondary N) is 1. The van der Waals surface area contributed by atoms with Crippen molar-refractivity contribution < 1.29 is 4.79 Å². The molecule has 0 saturated carbocycles. The van der Waals surface area contributed by atoms with Crippen LogP contribution in [0.2, 0.25) is 0 Å². The molecule has 7 heteroatoms. The van der Waals surface area contributed by atoms with Gasteiger partial charge in [0, 0.05) is 12.6 Å². The number of aromatic nitrogens is 3. The maximum Gasteiger partial charge on any atom is 0.278 e. The average molecular weight is 329 g/mol. The second-order valence-electron chi connectivity index (χ2n) is 6.18. The first-order chi connectivity index (χ1) is 11.7. The lowest BCUT2D eigenvalue weighted by atomic mass is 10.2. The summed E-state index contributed by atoms with van der Waals surface area (Å²) in [7, 11) is 0. The molecule has 1 fully saturated rings. The van der Waals surface area contributed by atoms with Crippen LogP contribution in [-0.4, -0.2) is 51.5 Å². The van der Waals surface area contributed by atoms with Gasteiger partial charge in [-0.2, -0.15) is 0 Å². The normalized spacial score (nSPS) is 16.4. The lowest BCUT2D eigenvalue weighted by molar-refractivity contribution is -0.122. The van der Waals surface area contributed by atoms with Crippen LogP contribution in [0.25, 0.3) is 10.9 Å². The lowest BCUT2D eigenvalue weighted by Crippen LogP contribution is -2.44. The number of carbonyl (C=O) groups is 1. The lowest BCUT2D eigenvalue weighted by Gasteiger charge is -2.26. The van der Waals surface area contributed by atoms with E-state index in [1.807, 2.05) is 0 Å². The van der Waals surface area contributed by atoms with Gasteiger partial charge in [-0.3, -0.25) is 14.5 Å². The number of amides is 1. The van der Waals surface area contributed by atoms with Crippen LogP contribution < -0.4 is 10.9 Å². The van der Waals surface area contributed by atoms with Crippen molar-refractivity contribution in [2.45, 2.75) is 38.8 Å². The number of benzene rings is 1. The number of nitrogens with zero attached hydrogens (tertiary/aromatic N) is 4. The van der Waals surface area contributed by atoms with E-state index in [1.165, 1.54) is 12.8 Å². The van der Waals surface area contributed by atoms with E-state index in [2.05, 4.69) is 27.5 Å². The maximum atomic E-state index is 12.3. The van der Waals surface area contributed by atoms with Crippen molar-refractivity contribution in [1.82, 2.24) is 25.2 Å². The standard InChI is InChI=1S/C17H23N5O2/c1-2-13(21-9-5-6-10-21)11-18-16(23)12-22-17(24)14-7-3-4-8-15(14)19-20-22/h3-4,7-8,13H,2,5-6,9-12H2,1H3,(H,18,23)/t13-/m0/s1. The zero-order valence-corrected chi connectivity index (χ0v) is 13.9. The molecule has 1 aliphatic rings. The first-order valence-corrected chi connectivity index (χ1v) is 8.52. The fourth-order valence-corrected chi connectivity index (χ4v) is 3.19. The molecule has 0 radical (unpaired) electrons. The first kappa shape index (κ1) is 16.6. The van der Waals surface area contributed by atoms with Gasteiger partial charge < -0.3 is 5.32 Å². The zero-order valence-electron chi connectivity index (χ0n) is 13.9. The fraction of sp³-hybridized carbons (Fsp3) is 0.529. The SMILES string of the molecule is CC[C@@H](CNC(=O)Cn1nnc2ccccc2c1=O)N1CCCC1. The average Bonchev–Trinajstić information content (AvgIpc) is 3.13. The monoisotopic (exact) mass is 329 g/mol. The molecule has 2 aromatic rings. The topological polar surface area (TPSA) is 80.1 Å². The van der Waals surface area contributed by atoms with Crippen molar-refractivity contribution in [3.8, 4) is 0 Å². The summed E-state index contributed by atoms with van der Waals surface area (Å²) in [6, 6.07) is 7.36. The summed E-state index contributed by atoms with van der Waals surface area (Å²) in [4.78, 5) is 26.9. The molecule has 3 rings (SSSR count). The maximum absolute atomic E-state index is 12.3. The Bertz CT molecular complexity index is 767.